The zero-order valence-electron chi connectivity index (χ0n) is 15.0. The van der Waals surface area contributed by atoms with Gasteiger partial charge in [0.15, 0.2) is 0 Å². The molecule has 2 N–H and O–H groups in total. The summed E-state index contributed by atoms with van der Waals surface area (Å²) in [6, 6.07) is 12.2. The number of benzene rings is 2. The molecule has 0 saturated heterocycles. The van der Waals surface area contributed by atoms with Crippen molar-refractivity contribution in [2.45, 2.75) is 39.5 Å². The van der Waals surface area contributed by atoms with E-state index < -0.39 is 0 Å². The second-order valence-corrected chi connectivity index (χ2v) is 6.08. The quantitative estimate of drug-likeness (QED) is 0.556. The van der Waals surface area contributed by atoms with E-state index in [9.17, 15) is 10.2 Å². The van der Waals surface area contributed by atoms with E-state index in [0.717, 1.165) is 18.8 Å². The molecule has 0 heterocycles. The summed E-state index contributed by atoms with van der Waals surface area (Å²) in [5, 5.41) is 27.2. The monoisotopic (exact) mass is 341 g/mol. The lowest BCUT2D eigenvalue weighted by Crippen LogP contribution is -2.25. The fourth-order valence-corrected chi connectivity index (χ4v) is 2.51. The molecule has 0 aliphatic heterocycles. The first kappa shape index (κ1) is 18.8. The number of azo groups is 1. The van der Waals surface area contributed by atoms with Crippen molar-refractivity contribution in [3.8, 4) is 11.5 Å². The Kier molecular flexibility index (Phi) is 7.26. The first-order valence-electron chi connectivity index (χ1n) is 8.92. The average Bonchev–Trinajstić information content (AvgIpc) is 2.62. The van der Waals surface area contributed by atoms with Gasteiger partial charge in [0.2, 0.25) is 0 Å². The van der Waals surface area contributed by atoms with Crippen molar-refractivity contribution in [3.05, 3.63) is 42.5 Å². The van der Waals surface area contributed by atoms with Crippen LogP contribution in [-0.2, 0) is 0 Å². The SMILES string of the molecule is CCCCN(CCCC)c1ccc(N=Nc2ccc(O)cc2O)cc1. The van der Waals surface area contributed by atoms with E-state index in [1.807, 2.05) is 12.1 Å². The third kappa shape index (κ3) is 5.78. The molecule has 0 bridgehead atoms. The maximum Gasteiger partial charge on any atom is 0.146 e. The van der Waals surface area contributed by atoms with E-state index in [1.54, 1.807) is 0 Å². The lowest BCUT2D eigenvalue weighted by Gasteiger charge is -2.24. The molecule has 2 aromatic rings. The van der Waals surface area contributed by atoms with Gasteiger partial charge < -0.3 is 15.1 Å². The van der Waals surface area contributed by atoms with Crippen LogP contribution in [0.3, 0.4) is 0 Å². The number of phenolic OH excluding ortho intramolecular Hbond substituents is 2. The zero-order chi connectivity index (χ0) is 18.1. The van der Waals surface area contributed by atoms with Gasteiger partial charge in [0.25, 0.3) is 0 Å². The summed E-state index contributed by atoms with van der Waals surface area (Å²) in [5.41, 5.74) is 2.25. The molecule has 5 nitrogen and oxygen atoms in total. The summed E-state index contributed by atoms with van der Waals surface area (Å²) in [5.74, 6) is -0.0919. The fourth-order valence-electron chi connectivity index (χ4n) is 2.51. The van der Waals surface area contributed by atoms with Crippen molar-refractivity contribution in [1.29, 1.82) is 0 Å². The van der Waals surface area contributed by atoms with Crippen molar-refractivity contribution in [3.63, 3.8) is 0 Å². The summed E-state index contributed by atoms with van der Waals surface area (Å²) in [6.45, 7) is 6.55. The van der Waals surface area contributed by atoms with Crippen molar-refractivity contribution >= 4 is 17.1 Å². The highest BCUT2D eigenvalue weighted by molar-refractivity contribution is 5.55. The van der Waals surface area contributed by atoms with Crippen LogP contribution in [-0.4, -0.2) is 23.3 Å². The highest BCUT2D eigenvalue weighted by Crippen LogP contribution is 2.31. The highest BCUT2D eigenvalue weighted by Gasteiger charge is 2.06. The maximum absolute atomic E-state index is 9.73. The molecular weight excluding hydrogens is 314 g/mol. The number of hydrogen-bond donors (Lipinski definition) is 2. The van der Waals surface area contributed by atoms with Crippen LogP contribution < -0.4 is 4.90 Å². The molecule has 0 fully saturated rings. The molecule has 0 radical (unpaired) electrons. The largest absolute Gasteiger partial charge is 0.508 e. The Morgan fingerprint density at radius 2 is 1.48 bits per heavy atom. The number of aromatic hydroxyl groups is 2. The van der Waals surface area contributed by atoms with Crippen LogP contribution in [0.1, 0.15) is 39.5 Å². The van der Waals surface area contributed by atoms with E-state index in [0.29, 0.717) is 5.69 Å². The summed E-state index contributed by atoms with van der Waals surface area (Å²) < 4.78 is 0. The van der Waals surface area contributed by atoms with Crippen LogP contribution in [0, 0.1) is 0 Å². The van der Waals surface area contributed by atoms with Gasteiger partial charge in [-0.15, -0.1) is 5.11 Å². The van der Waals surface area contributed by atoms with Gasteiger partial charge in [-0.05, 0) is 49.2 Å². The predicted molar refractivity (Wildman–Crippen MR) is 102 cm³/mol. The number of hydrogen-bond acceptors (Lipinski definition) is 5. The molecule has 2 aromatic carbocycles. The van der Waals surface area contributed by atoms with Gasteiger partial charge in [-0.25, -0.2) is 0 Å². The average molecular weight is 341 g/mol. The van der Waals surface area contributed by atoms with Crippen LogP contribution in [0.2, 0.25) is 0 Å². The summed E-state index contributed by atoms with van der Waals surface area (Å²) >= 11 is 0. The summed E-state index contributed by atoms with van der Waals surface area (Å²) in [7, 11) is 0. The Morgan fingerprint density at radius 1 is 0.840 bits per heavy atom. The molecule has 0 aliphatic carbocycles. The molecule has 0 unspecified atom stereocenters. The normalized spacial score (nSPS) is 11.1. The van der Waals surface area contributed by atoms with Crippen LogP contribution in [0.5, 0.6) is 11.5 Å². The number of anilines is 1. The molecule has 0 spiro atoms. The topological polar surface area (TPSA) is 68.4 Å². The van der Waals surface area contributed by atoms with Gasteiger partial charge in [0.05, 0.1) is 5.69 Å². The van der Waals surface area contributed by atoms with E-state index in [4.69, 9.17) is 0 Å². The minimum absolute atomic E-state index is 0.0000489. The molecular formula is C20H27N3O2. The van der Waals surface area contributed by atoms with Crippen molar-refractivity contribution < 1.29 is 10.2 Å². The van der Waals surface area contributed by atoms with Crippen molar-refractivity contribution in [2.24, 2.45) is 10.2 Å². The minimum atomic E-state index is -0.0920. The van der Waals surface area contributed by atoms with E-state index in [1.165, 1.54) is 49.6 Å². The summed E-state index contributed by atoms with van der Waals surface area (Å²) in [6.07, 6.45) is 4.74. The lowest BCUT2D eigenvalue weighted by molar-refractivity contribution is 0.451. The van der Waals surface area contributed by atoms with Crippen LogP contribution in [0.25, 0.3) is 0 Å². The molecule has 25 heavy (non-hydrogen) atoms. The molecule has 5 heteroatoms. The van der Waals surface area contributed by atoms with E-state index in [-0.39, 0.29) is 11.5 Å². The third-order valence-electron chi connectivity index (χ3n) is 4.01. The molecule has 2 rings (SSSR count). The van der Waals surface area contributed by atoms with Gasteiger partial charge in [-0.2, -0.15) is 5.11 Å². The zero-order valence-corrected chi connectivity index (χ0v) is 15.0. The number of nitrogens with zero attached hydrogens (tertiary/aromatic N) is 3. The molecule has 0 atom stereocenters. The van der Waals surface area contributed by atoms with Crippen LogP contribution >= 0.6 is 0 Å². The highest BCUT2D eigenvalue weighted by atomic mass is 16.3. The number of rotatable bonds is 9. The van der Waals surface area contributed by atoms with Gasteiger partial charge in [-0.3, -0.25) is 0 Å². The smallest absolute Gasteiger partial charge is 0.146 e. The summed E-state index contributed by atoms with van der Waals surface area (Å²) in [4.78, 5) is 2.42. The molecule has 0 aromatic heterocycles. The van der Waals surface area contributed by atoms with Crippen molar-refractivity contribution in [1.82, 2.24) is 0 Å². The van der Waals surface area contributed by atoms with Crippen LogP contribution in [0.15, 0.2) is 52.7 Å². The molecule has 0 saturated carbocycles. The van der Waals surface area contributed by atoms with Crippen molar-refractivity contribution in [2.75, 3.05) is 18.0 Å². The van der Waals surface area contributed by atoms with E-state index in [2.05, 4.69) is 41.1 Å². The lowest BCUT2D eigenvalue weighted by atomic mass is 10.2. The third-order valence-corrected chi connectivity index (χ3v) is 4.01. The second kappa shape index (κ2) is 9.67. The van der Waals surface area contributed by atoms with Gasteiger partial charge >= 0.3 is 0 Å². The maximum atomic E-state index is 9.73. The number of unbranched alkanes of at least 4 members (excludes halogenated alkanes) is 2. The number of phenols is 2. The fraction of sp³-hybridized carbons (Fsp3) is 0.400. The van der Waals surface area contributed by atoms with Gasteiger partial charge in [0.1, 0.15) is 17.2 Å². The predicted octanol–water partition coefficient (Wildman–Crippen LogP) is 5.92. The second-order valence-electron chi connectivity index (χ2n) is 6.08. The van der Waals surface area contributed by atoms with Gasteiger partial charge in [0, 0.05) is 24.8 Å². The Bertz CT molecular complexity index is 676. The van der Waals surface area contributed by atoms with Crippen LogP contribution in [0.4, 0.5) is 17.1 Å². The first-order valence-corrected chi connectivity index (χ1v) is 8.92. The Labute approximate surface area is 149 Å². The molecule has 134 valence electrons. The Morgan fingerprint density at radius 3 is 2.04 bits per heavy atom. The van der Waals surface area contributed by atoms with Gasteiger partial charge in [-0.1, -0.05) is 26.7 Å². The molecule has 0 aliphatic rings. The first-order chi connectivity index (χ1) is 12.1. The molecule has 0 amide bonds. The van der Waals surface area contributed by atoms with E-state index >= 15 is 0 Å². The Balaban J connectivity index is 2.07. The standard InChI is InChI=1S/C20H27N3O2/c1-3-5-13-23(14-6-4-2)17-9-7-16(8-10-17)21-22-19-12-11-18(24)15-20(19)25/h7-12,15,24-25H,3-6,13-14H2,1-2H3. The minimum Gasteiger partial charge on any atom is -0.508 e. The Hall–Kier alpha value is -2.56.